The number of hydrogen-bond donors (Lipinski definition) is 3. The standard InChI is InChI=1S/C19H19F2N3O7S2/c20-15-5-4-14(8-16(15)21)33(29,30)24-10-12(9-22-32(27,28)13-2-3-13)31-18-6-1-11(7-17(18)24)23-19(25)26/h1,4-8,12-13,22-23H,2-3,9-10H2,(H,25,26). The molecule has 14 heteroatoms. The molecule has 1 heterocycles. The van der Waals surface area contributed by atoms with Gasteiger partial charge in [-0.2, -0.15) is 0 Å². The molecule has 2 aromatic rings. The number of anilines is 2. The predicted octanol–water partition coefficient (Wildman–Crippen LogP) is 2.09. The Morgan fingerprint density at radius 1 is 1.09 bits per heavy atom. The summed E-state index contributed by atoms with van der Waals surface area (Å²) >= 11 is 0. The third-order valence-corrected chi connectivity index (χ3v) is 8.79. The minimum Gasteiger partial charge on any atom is -0.485 e. The number of amides is 1. The Balaban J connectivity index is 1.70. The van der Waals surface area contributed by atoms with Gasteiger partial charge in [-0.1, -0.05) is 0 Å². The lowest BCUT2D eigenvalue weighted by Crippen LogP contribution is -2.48. The normalized spacial score (nSPS) is 18.4. The summed E-state index contributed by atoms with van der Waals surface area (Å²) in [7, 11) is -8.02. The molecule has 178 valence electrons. The quantitative estimate of drug-likeness (QED) is 0.525. The molecule has 33 heavy (non-hydrogen) atoms. The summed E-state index contributed by atoms with van der Waals surface area (Å²) in [6.07, 6.45) is -1.24. The third kappa shape index (κ3) is 4.86. The highest BCUT2D eigenvalue weighted by atomic mass is 32.2. The fraction of sp³-hybridized carbons (Fsp3) is 0.316. The monoisotopic (exact) mass is 503 g/mol. The lowest BCUT2D eigenvalue weighted by atomic mass is 10.2. The lowest BCUT2D eigenvalue weighted by molar-refractivity contribution is 0.203. The molecule has 0 saturated heterocycles. The van der Waals surface area contributed by atoms with Crippen molar-refractivity contribution in [2.24, 2.45) is 0 Å². The van der Waals surface area contributed by atoms with E-state index in [-0.39, 0.29) is 30.2 Å². The van der Waals surface area contributed by atoms with Crippen molar-refractivity contribution in [3.8, 4) is 5.75 Å². The summed E-state index contributed by atoms with van der Waals surface area (Å²) in [6, 6.07) is 5.98. The van der Waals surface area contributed by atoms with Crippen molar-refractivity contribution in [1.82, 2.24) is 4.72 Å². The van der Waals surface area contributed by atoms with Gasteiger partial charge >= 0.3 is 6.09 Å². The Kier molecular flexibility index (Phi) is 5.92. The van der Waals surface area contributed by atoms with Crippen molar-refractivity contribution in [1.29, 1.82) is 0 Å². The first kappa shape index (κ1) is 23.2. The van der Waals surface area contributed by atoms with Gasteiger partial charge in [-0.05, 0) is 49.2 Å². The predicted molar refractivity (Wildman–Crippen MR) is 113 cm³/mol. The molecule has 4 rings (SSSR count). The van der Waals surface area contributed by atoms with Crippen LogP contribution in [0.3, 0.4) is 0 Å². The van der Waals surface area contributed by atoms with Crippen LogP contribution >= 0.6 is 0 Å². The van der Waals surface area contributed by atoms with E-state index in [1.165, 1.54) is 18.2 Å². The van der Waals surface area contributed by atoms with Crippen LogP contribution in [0.15, 0.2) is 41.3 Å². The Morgan fingerprint density at radius 3 is 2.45 bits per heavy atom. The molecule has 1 atom stereocenters. The zero-order valence-electron chi connectivity index (χ0n) is 16.9. The van der Waals surface area contributed by atoms with Crippen molar-refractivity contribution in [2.75, 3.05) is 22.7 Å². The van der Waals surface area contributed by atoms with Gasteiger partial charge in [0.05, 0.1) is 22.4 Å². The molecule has 0 aromatic heterocycles. The number of sulfonamides is 2. The first-order valence-corrected chi connectivity index (χ1v) is 12.7. The van der Waals surface area contributed by atoms with E-state index in [0.29, 0.717) is 25.0 Å². The van der Waals surface area contributed by atoms with E-state index in [9.17, 15) is 30.4 Å². The van der Waals surface area contributed by atoms with Crippen molar-refractivity contribution in [3.63, 3.8) is 0 Å². The summed E-state index contributed by atoms with van der Waals surface area (Å²) in [5.74, 6) is -2.55. The second-order valence-electron chi connectivity index (χ2n) is 7.56. The van der Waals surface area contributed by atoms with Crippen LogP contribution in [0.5, 0.6) is 5.75 Å². The van der Waals surface area contributed by atoms with E-state index in [1.54, 1.807) is 0 Å². The number of hydrogen-bond acceptors (Lipinski definition) is 6. The smallest absolute Gasteiger partial charge is 0.409 e. The van der Waals surface area contributed by atoms with Crippen LogP contribution in [0.2, 0.25) is 0 Å². The molecule has 10 nitrogen and oxygen atoms in total. The van der Waals surface area contributed by atoms with Gasteiger partial charge in [0, 0.05) is 12.2 Å². The minimum atomic E-state index is -4.46. The Hall–Kier alpha value is -2.97. The van der Waals surface area contributed by atoms with Gasteiger partial charge < -0.3 is 9.84 Å². The molecule has 1 saturated carbocycles. The molecular formula is C19H19F2N3O7S2. The second kappa shape index (κ2) is 8.43. The number of nitrogens with one attached hydrogen (secondary N) is 2. The topological polar surface area (TPSA) is 142 Å². The van der Waals surface area contributed by atoms with Gasteiger partial charge in [0.15, 0.2) is 11.6 Å². The largest absolute Gasteiger partial charge is 0.485 e. The maximum atomic E-state index is 13.8. The van der Waals surface area contributed by atoms with Gasteiger partial charge in [-0.3, -0.25) is 9.62 Å². The van der Waals surface area contributed by atoms with Crippen LogP contribution < -0.4 is 19.1 Å². The highest BCUT2D eigenvalue weighted by Gasteiger charge is 2.38. The molecule has 1 amide bonds. The third-order valence-electron chi connectivity index (χ3n) is 5.10. The number of fused-ring (bicyclic) bond motifs is 1. The molecule has 0 spiro atoms. The highest BCUT2D eigenvalue weighted by molar-refractivity contribution is 7.92. The minimum absolute atomic E-state index is 0.0407. The maximum Gasteiger partial charge on any atom is 0.409 e. The van der Waals surface area contributed by atoms with Crippen LogP contribution in [0.25, 0.3) is 0 Å². The van der Waals surface area contributed by atoms with E-state index in [2.05, 4.69) is 10.0 Å². The fourth-order valence-electron chi connectivity index (χ4n) is 3.32. The van der Waals surface area contributed by atoms with Gasteiger partial charge in [-0.25, -0.2) is 35.1 Å². The van der Waals surface area contributed by atoms with Crippen LogP contribution in [-0.2, 0) is 20.0 Å². The van der Waals surface area contributed by atoms with Crippen molar-refractivity contribution >= 4 is 37.5 Å². The average molecular weight is 504 g/mol. The molecule has 3 N–H and O–H groups in total. The van der Waals surface area contributed by atoms with E-state index in [4.69, 9.17) is 9.84 Å². The van der Waals surface area contributed by atoms with Gasteiger partial charge in [0.2, 0.25) is 10.0 Å². The number of rotatable bonds is 7. The van der Waals surface area contributed by atoms with Crippen molar-refractivity contribution in [3.05, 3.63) is 48.0 Å². The summed E-state index contributed by atoms with van der Waals surface area (Å²) in [6.45, 7) is -0.588. The number of nitrogens with zero attached hydrogens (tertiary/aromatic N) is 1. The maximum absolute atomic E-state index is 13.8. The summed E-state index contributed by atoms with van der Waals surface area (Å²) in [4.78, 5) is 10.4. The van der Waals surface area contributed by atoms with Crippen molar-refractivity contribution in [2.45, 2.75) is 29.1 Å². The van der Waals surface area contributed by atoms with E-state index >= 15 is 0 Å². The SMILES string of the molecule is O=C(O)Nc1ccc2c(c1)N(S(=O)(=O)c1ccc(F)c(F)c1)CC(CNS(=O)(=O)C1CC1)O2. The van der Waals surface area contributed by atoms with Crippen LogP contribution in [0.1, 0.15) is 12.8 Å². The summed E-state index contributed by atoms with van der Waals surface area (Å²) < 4.78 is 87.1. The van der Waals surface area contributed by atoms with Gasteiger partial charge in [0.1, 0.15) is 11.9 Å². The second-order valence-corrected chi connectivity index (χ2v) is 11.5. The van der Waals surface area contributed by atoms with E-state index < -0.39 is 54.0 Å². The number of carbonyl (C=O) groups is 1. The zero-order valence-corrected chi connectivity index (χ0v) is 18.5. The molecule has 1 fully saturated rings. The summed E-state index contributed by atoms with van der Waals surface area (Å²) in [5, 5.41) is 10.6. The molecule has 0 bridgehead atoms. The molecular weight excluding hydrogens is 484 g/mol. The molecule has 1 unspecified atom stereocenters. The Morgan fingerprint density at radius 2 is 1.82 bits per heavy atom. The zero-order chi connectivity index (χ0) is 24.0. The molecule has 2 aromatic carbocycles. The van der Waals surface area contributed by atoms with E-state index in [0.717, 1.165) is 10.4 Å². The summed E-state index contributed by atoms with van der Waals surface area (Å²) in [5.41, 5.74) is -0.00416. The van der Waals surface area contributed by atoms with Crippen molar-refractivity contribution < 1.29 is 40.3 Å². The Labute approximate surface area is 188 Å². The molecule has 0 radical (unpaired) electrons. The number of ether oxygens (including phenoxy) is 1. The van der Waals surface area contributed by atoms with Crippen LogP contribution in [0, 0.1) is 11.6 Å². The molecule has 1 aliphatic carbocycles. The molecule has 1 aliphatic heterocycles. The Bertz CT molecular complexity index is 1310. The fourth-order valence-corrected chi connectivity index (χ4v) is 6.24. The van der Waals surface area contributed by atoms with Crippen LogP contribution in [0.4, 0.5) is 25.0 Å². The molecule has 2 aliphatic rings. The number of halogens is 2. The van der Waals surface area contributed by atoms with Gasteiger partial charge in [0.25, 0.3) is 10.0 Å². The highest BCUT2D eigenvalue weighted by Crippen LogP contribution is 2.39. The van der Waals surface area contributed by atoms with E-state index in [1.807, 2.05) is 0 Å². The average Bonchev–Trinajstić information content (AvgIpc) is 3.59. The van der Waals surface area contributed by atoms with Crippen LogP contribution in [-0.4, -0.2) is 52.5 Å². The number of carboxylic acid groups (broad SMARTS) is 1. The first-order chi connectivity index (χ1) is 15.5. The number of benzene rings is 2. The lowest BCUT2D eigenvalue weighted by Gasteiger charge is -2.35. The first-order valence-electron chi connectivity index (χ1n) is 9.74. The van der Waals surface area contributed by atoms with Gasteiger partial charge in [-0.15, -0.1) is 0 Å².